The van der Waals surface area contributed by atoms with Gasteiger partial charge in [-0.3, -0.25) is 4.79 Å². The predicted octanol–water partition coefficient (Wildman–Crippen LogP) is 5.74. The van der Waals surface area contributed by atoms with E-state index in [4.69, 9.17) is 4.74 Å². The van der Waals surface area contributed by atoms with Crippen molar-refractivity contribution in [3.05, 3.63) is 42.0 Å². The second-order valence-corrected chi connectivity index (χ2v) is 9.73. The second-order valence-electron chi connectivity index (χ2n) is 9.73. The predicted molar refractivity (Wildman–Crippen MR) is 118 cm³/mol. The van der Waals surface area contributed by atoms with E-state index in [0.29, 0.717) is 30.5 Å². The molecule has 158 valence electrons. The summed E-state index contributed by atoms with van der Waals surface area (Å²) in [6.07, 6.45) is 11.1. The molecule has 0 radical (unpaired) electrons. The van der Waals surface area contributed by atoms with Gasteiger partial charge in [0.2, 0.25) is 0 Å². The van der Waals surface area contributed by atoms with Gasteiger partial charge in [0, 0.05) is 25.7 Å². The molecule has 3 heteroatoms. The number of esters is 1. The van der Waals surface area contributed by atoms with Crippen LogP contribution in [0.3, 0.4) is 0 Å². The number of carbonyl (C=O) groups is 1. The van der Waals surface area contributed by atoms with E-state index in [9.17, 15) is 4.79 Å². The molecule has 2 heterocycles. The minimum Gasteiger partial charge on any atom is -0.462 e. The number of fused-ring (bicyclic) bond motifs is 2. The molecule has 0 aromatic heterocycles. The maximum absolute atomic E-state index is 12.9. The fourth-order valence-electron chi connectivity index (χ4n) is 6.89. The Morgan fingerprint density at radius 1 is 1.10 bits per heavy atom. The van der Waals surface area contributed by atoms with Crippen molar-refractivity contribution < 1.29 is 14.0 Å². The Labute approximate surface area is 176 Å². The highest BCUT2D eigenvalue weighted by Gasteiger charge is 2.55. The third kappa shape index (κ3) is 3.91. The molecule has 0 amide bonds. The second kappa shape index (κ2) is 8.63. The third-order valence-electron chi connectivity index (χ3n) is 8.15. The number of ether oxygens (including phenoxy) is 1. The molecule has 0 saturated carbocycles. The van der Waals surface area contributed by atoms with Gasteiger partial charge in [-0.1, -0.05) is 36.4 Å². The first-order chi connectivity index (χ1) is 14.0. The first-order valence-electron chi connectivity index (χ1n) is 11.9. The molecule has 2 aliphatic heterocycles. The highest BCUT2D eigenvalue weighted by atomic mass is 16.5. The number of hydrogen-bond acceptors (Lipinski definition) is 2. The lowest BCUT2D eigenvalue weighted by molar-refractivity contribution is -0.983. The minimum atomic E-state index is 0.0178. The first kappa shape index (κ1) is 20.7. The summed E-state index contributed by atoms with van der Waals surface area (Å²) in [6.45, 7) is 8.31. The molecule has 5 atom stereocenters. The quantitative estimate of drug-likeness (QED) is 0.452. The maximum Gasteiger partial charge on any atom is 0.306 e. The van der Waals surface area contributed by atoms with Gasteiger partial charge < -0.3 is 9.22 Å². The molecule has 29 heavy (non-hydrogen) atoms. The van der Waals surface area contributed by atoms with Gasteiger partial charge in [0.1, 0.15) is 6.10 Å². The summed E-state index contributed by atoms with van der Waals surface area (Å²) in [6, 6.07) is 12.6. The molecule has 0 N–H and O–H groups in total. The molecule has 2 saturated heterocycles. The van der Waals surface area contributed by atoms with Crippen LogP contribution in [-0.2, 0) is 9.53 Å². The molecule has 1 aromatic rings. The maximum atomic E-state index is 12.9. The van der Waals surface area contributed by atoms with Crippen LogP contribution < -0.4 is 0 Å². The van der Waals surface area contributed by atoms with Crippen molar-refractivity contribution in [2.24, 2.45) is 5.92 Å². The summed E-state index contributed by atoms with van der Waals surface area (Å²) >= 11 is 0. The number of carbonyl (C=O) groups excluding carboxylic acids is 1. The number of nitrogens with zero attached hydrogens (tertiary/aromatic N) is 1. The standard InChI is InChI=1S/C26H38NO2/c1-4-27(19(2)3)22-14-15-23(27)18-24(17-22)29-26(28)16-21-12-8-9-13-25(21)20-10-6-5-7-11-20/h5-7,10-11,13,19,21-24H,4,8-9,12,14-18H2,1-3H3/q+1/t21?,22-,23+,24?,27?. The van der Waals surface area contributed by atoms with Gasteiger partial charge in [-0.15, -0.1) is 0 Å². The van der Waals surface area contributed by atoms with Gasteiger partial charge in [-0.05, 0) is 57.1 Å². The summed E-state index contributed by atoms with van der Waals surface area (Å²) in [4.78, 5) is 12.9. The van der Waals surface area contributed by atoms with E-state index in [1.807, 2.05) is 0 Å². The lowest BCUT2D eigenvalue weighted by Crippen LogP contribution is -2.64. The van der Waals surface area contributed by atoms with Gasteiger partial charge >= 0.3 is 5.97 Å². The van der Waals surface area contributed by atoms with Crippen molar-refractivity contribution in [1.29, 1.82) is 0 Å². The number of quaternary nitrogens is 1. The van der Waals surface area contributed by atoms with E-state index in [2.05, 4.69) is 57.2 Å². The zero-order valence-corrected chi connectivity index (χ0v) is 18.5. The Hall–Kier alpha value is -1.61. The Morgan fingerprint density at radius 3 is 2.41 bits per heavy atom. The van der Waals surface area contributed by atoms with Gasteiger partial charge in [-0.2, -0.15) is 0 Å². The van der Waals surface area contributed by atoms with Crippen LogP contribution in [0.1, 0.15) is 77.7 Å². The molecular formula is C26H38NO2+. The van der Waals surface area contributed by atoms with E-state index in [0.717, 1.165) is 25.7 Å². The Balaban J connectivity index is 1.38. The van der Waals surface area contributed by atoms with Crippen LogP contribution in [0.5, 0.6) is 0 Å². The summed E-state index contributed by atoms with van der Waals surface area (Å²) < 4.78 is 7.35. The zero-order chi connectivity index (χ0) is 20.4. The van der Waals surface area contributed by atoms with Crippen LogP contribution in [0, 0.1) is 5.92 Å². The lowest BCUT2D eigenvalue weighted by atomic mass is 9.82. The van der Waals surface area contributed by atoms with Crippen molar-refractivity contribution in [3.8, 4) is 0 Å². The van der Waals surface area contributed by atoms with Gasteiger partial charge in [-0.25, -0.2) is 0 Å². The van der Waals surface area contributed by atoms with Gasteiger partial charge in [0.25, 0.3) is 0 Å². The van der Waals surface area contributed by atoms with Crippen molar-refractivity contribution in [3.63, 3.8) is 0 Å². The van der Waals surface area contributed by atoms with Gasteiger partial charge in [0.05, 0.1) is 31.1 Å². The fourth-order valence-corrected chi connectivity index (χ4v) is 6.89. The highest BCUT2D eigenvalue weighted by Crippen LogP contribution is 2.45. The van der Waals surface area contributed by atoms with Crippen LogP contribution in [0.25, 0.3) is 5.57 Å². The number of allylic oxidation sites excluding steroid dienone is 2. The SMILES string of the molecule is CC[N+]1(C(C)C)[C@@H]2CC[C@H]1CC(OC(=O)CC1CCCC=C1c1ccccc1)C2. The molecule has 3 nitrogen and oxygen atoms in total. The van der Waals surface area contributed by atoms with Crippen molar-refractivity contribution in [2.45, 2.75) is 96.4 Å². The highest BCUT2D eigenvalue weighted by molar-refractivity contribution is 5.76. The fraction of sp³-hybridized carbons (Fsp3) is 0.654. The lowest BCUT2D eigenvalue weighted by Gasteiger charge is -2.52. The van der Waals surface area contributed by atoms with E-state index in [-0.39, 0.29) is 12.1 Å². The molecule has 3 aliphatic rings. The Kier molecular flexibility index (Phi) is 6.15. The minimum absolute atomic E-state index is 0.0178. The molecule has 0 spiro atoms. The Bertz CT molecular complexity index is 724. The number of benzene rings is 1. The molecule has 2 bridgehead atoms. The monoisotopic (exact) mass is 396 g/mol. The van der Waals surface area contributed by atoms with E-state index >= 15 is 0 Å². The van der Waals surface area contributed by atoms with E-state index < -0.39 is 0 Å². The van der Waals surface area contributed by atoms with Crippen LogP contribution >= 0.6 is 0 Å². The average molecular weight is 397 g/mol. The molecule has 4 rings (SSSR count). The molecule has 2 fully saturated rings. The topological polar surface area (TPSA) is 26.3 Å². The van der Waals surface area contributed by atoms with Crippen molar-refractivity contribution in [1.82, 2.24) is 0 Å². The first-order valence-corrected chi connectivity index (χ1v) is 11.9. The van der Waals surface area contributed by atoms with Crippen LogP contribution in [0.15, 0.2) is 36.4 Å². The number of rotatable bonds is 6. The van der Waals surface area contributed by atoms with Crippen molar-refractivity contribution in [2.75, 3.05) is 6.54 Å². The molecule has 1 aliphatic carbocycles. The summed E-state index contributed by atoms with van der Waals surface area (Å²) in [5, 5.41) is 0. The van der Waals surface area contributed by atoms with E-state index in [1.165, 1.54) is 41.4 Å². The number of hydrogen-bond donors (Lipinski definition) is 0. The average Bonchev–Trinajstić information content (AvgIpc) is 2.93. The Morgan fingerprint density at radius 2 is 1.79 bits per heavy atom. The zero-order valence-electron chi connectivity index (χ0n) is 18.5. The van der Waals surface area contributed by atoms with Crippen LogP contribution in [0.2, 0.25) is 0 Å². The van der Waals surface area contributed by atoms with Crippen molar-refractivity contribution >= 4 is 11.5 Å². The van der Waals surface area contributed by atoms with Crippen LogP contribution in [-0.4, -0.2) is 41.2 Å². The summed E-state index contributed by atoms with van der Waals surface area (Å²) in [5.41, 5.74) is 2.61. The van der Waals surface area contributed by atoms with E-state index in [1.54, 1.807) is 0 Å². The molecule has 3 unspecified atom stereocenters. The normalized spacial score (nSPS) is 34.1. The number of piperidine rings is 1. The largest absolute Gasteiger partial charge is 0.462 e. The van der Waals surface area contributed by atoms with Crippen LogP contribution in [0.4, 0.5) is 0 Å². The van der Waals surface area contributed by atoms with Gasteiger partial charge in [0.15, 0.2) is 0 Å². The molecule has 1 aromatic carbocycles. The summed E-state index contributed by atoms with van der Waals surface area (Å²) in [5.74, 6) is 0.323. The molecular weight excluding hydrogens is 358 g/mol. The summed E-state index contributed by atoms with van der Waals surface area (Å²) in [7, 11) is 0. The third-order valence-corrected chi connectivity index (χ3v) is 8.15. The smallest absolute Gasteiger partial charge is 0.306 e.